The molecule has 0 saturated carbocycles. The molecule has 1 aromatic rings. The fourth-order valence-corrected chi connectivity index (χ4v) is 4.24. The molecule has 1 aromatic heterocycles. The summed E-state index contributed by atoms with van der Waals surface area (Å²) >= 11 is 0. The molecule has 0 bridgehead atoms. The molecule has 1 unspecified atom stereocenters. The van der Waals surface area contributed by atoms with Gasteiger partial charge in [-0.3, -0.25) is 9.88 Å². The zero-order valence-electron chi connectivity index (χ0n) is 19.2. The first-order valence-electron chi connectivity index (χ1n) is 10.9. The van der Waals surface area contributed by atoms with Crippen LogP contribution in [0.4, 0.5) is 4.79 Å². The lowest BCUT2D eigenvalue weighted by Crippen LogP contribution is -2.57. The summed E-state index contributed by atoms with van der Waals surface area (Å²) in [6.07, 6.45) is 8.90. The van der Waals surface area contributed by atoms with Crippen LogP contribution >= 0.6 is 0 Å². The van der Waals surface area contributed by atoms with Crippen molar-refractivity contribution in [2.75, 3.05) is 33.3 Å². The number of piperazine rings is 1. The second-order valence-electron chi connectivity index (χ2n) is 8.98. The van der Waals surface area contributed by atoms with Gasteiger partial charge in [-0.2, -0.15) is 0 Å². The Morgan fingerprint density at radius 1 is 1.19 bits per heavy atom. The smallest absolute Gasteiger partial charge is 0.410 e. The van der Waals surface area contributed by atoms with Gasteiger partial charge in [-0.25, -0.2) is 9.59 Å². The van der Waals surface area contributed by atoms with E-state index in [9.17, 15) is 9.59 Å². The molecule has 2 aliphatic rings. The van der Waals surface area contributed by atoms with Gasteiger partial charge in [0.25, 0.3) is 0 Å². The summed E-state index contributed by atoms with van der Waals surface area (Å²) in [6, 6.07) is 3.96. The van der Waals surface area contributed by atoms with E-state index in [4.69, 9.17) is 9.72 Å². The number of aromatic nitrogens is 1. The van der Waals surface area contributed by atoms with Gasteiger partial charge in [-0.05, 0) is 51.3 Å². The molecular weight excluding hydrogens is 394 g/mol. The standard InChI is InChI=1S/C24H33N3O4/c1-6-24(27-16-14-26(15-17-27)22(29)31-23(2,3)4)13-7-8-18-9-10-19(25-21(18)24)11-12-20(28)30-5/h7-12H,6,13-17H2,1-5H3. The highest BCUT2D eigenvalue weighted by molar-refractivity contribution is 5.86. The average Bonchev–Trinajstić information content (AvgIpc) is 2.75. The molecule has 1 fully saturated rings. The Labute approximate surface area is 184 Å². The Morgan fingerprint density at radius 3 is 2.52 bits per heavy atom. The van der Waals surface area contributed by atoms with Crippen molar-refractivity contribution in [2.24, 2.45) is 0 Å². The third kappa shape index (κ3) is 5.15. The summed E-state index contributed by atoms with van der Waals surface area (Å²) in [4.78, 5) is 33.1. The molecule has 0 radical (unpaired) electrons. The molecule has 168 valence electrons. The van der Waals surface area contributed by atoms with E-state index in [1.807, 2.05) is 26.8 Å². The molecular formula is C24H33N3O4. The molecule has 1 aliphatic heterocycles. The van der Waals surface area contributed by atoms with Crippen LogP contribution < -0.4 is 0 Å². The molecule has 7 heteroatoms. The number of hydrogen-bond acceptors (Lipinski definition) is 6. The molecule has 31 heavy (non-hydrogen) atoms. The number of hydrogen-bond donors (Lipinski definition) is 0. The number of nitrogens with zero attached hydrogens (tertiary/aromatic N) is 3. The van der Waals surface area contributed by atoms with Gasteiger partial charge in [0.2, 0.25) is 0 Å². The number of carbonyl (C=O) groups is 2. The van der Waals surface area contributed by atoms with E-state index in [1.54, 1.807) is 11.0 Å². The van der Waals surface area contributed by atoms with E-state index in [2.05, 4.69) is 34.8 Å². The van der Waals surface area contributed by atoms with Gasteiger partial charge in [0, 0.05) is 32.3 Å². The number of amides is 1. The molecule has 7 nitrogen and oxygen atoms in total. The zero-order chi connectivity index (χ0) is 22.6. The first-order valence-corrected chi connectivity index (χ1v) is 10.9. The van der Waals surface area contributed by atoms with Crippen LogP contribution in [0.15, 0.2) is 24.3 Å². The first kappa shape index (κ1) is 23.0. The minimum atomic E-state index is -0.496. The largest absolute Gasteiger partial charge is 0.466 e. The Hall–Kier alpha value is -2.67. The number of pyridine rings is 1. The van der Waals surface area contributed by atoms with Crippen molar-refractivity contribution in [3.05, 3.63) is 41.2 Å². The summed E-state index contributed by atoms with van der Waals surface area (Å²) in [6.45, 7) is 10.6. The summed E-state index contributed by atoms with van der Waals surface area (Å²) in [5, 5.41) is 0. The molecule has 0 aromatic carbocycles. The normalized spacial score (nSPS) is 21.8. The minimum Gasteiger partial charge on any atom is -0.466 e. The maximum Gasteiger partial charge on any atom is 0.410 e. The highest BCUT2D eigenvalue weighted by Crippen LogP contribution is 2.41. The molecule has 3 rings (SSSR count). The van der Waals surface area contributed by atoms with Crippen LogP contribution in [0.25, 0.3) is 12.2 Å². The lowest BCUT2D eigenvalue weighted by atomic mass is 9.79. The van der Waals surface area contributed by atoms with Crippen molar-refractivity contribution in [3.63, 3.8) is 0 Å². The summed E-state index contributed by atoms with van der Waals surface area (Å²) in [5.74, 6) is -0.403. The minimum absolute atomic E-state index is 0.237. The van der Waals surface area contributed by atoms with Gasteiger partial charge in [0.1, 0.15) is 5.60 Å². The van der Waals surface area contributed by atoms with Crippen LogP contribution in [0, 0.1) is 0 Å². The number of esters is 1. The number of rotatable bonds is 4. The lowest BCUT2D eigenvalue weighted by Gasteiger charge is -2.48. The molecule has 1 amide bonds. The van der Waals surface area contributed by atoms with E-state index in [0.29, 0.717) is 13.1 Å². The molecule has 1 atom stereocenters. The SMILES string of the molecule is CCC1(N2CCN(C(=O)OC(C)(C)C)CC2)CC=Cc2ccc(C=CC(=O)OC)nc21. The van der Waals surface area contributed by atoms with Crippen molar-refractivity contribution in [3.8, 4) is 0 Å². The van der Waals surface area contributed by atoms with Crippen LogP contribution in [-0.2, 0) is 19.8 Å². The van der Waals surface area contributed by atoms with Crippen LogP contribution in [0.3, 0.4) is 0 Å². The fourth-order valence-electron chi connectivity index (χ4n) is 4.24. The topological polar surface area (TPSA) is 72.0 Å². The Kier molecular flexibility index (Phi) is 6.84. The number of carbonyl (C=O) groups excluding carboxylic acids is 2. The third-order valence-electron chi connectivity index (χ3n) is 5.85. The zero-order valence-corrected chi connectivity index (χ0v) is 19.2. The molecule has 1 saturated heterocycles. The number of fused-ring (bicyclic) bond motifs is 1. The Balaban J connectivity index is 1.81. The van der Waals surface area contributed by atoms with Crippen LogP contribution in [0.1, 0.15) is 57.5 Å². The highest BCUT2D eigenvalue weighted by Gasteiger charge is 2.42. The lowest BCUT2D eigenvalue weighted by molar-refractivity contribution is -0.134. The molecule has 0 spiro atoms. The second kappa shape index (κ2) is 9.22. The van der Waals surface area contributed by atoms with Crippen LogP contribution in [0.5, 0.6) is 0 Å². The van der Waals surface area contributed by atoms with Gasteiger partial charge in [0.15, 0.2) is 0 Å². The average molecular weight is 428 g/mol. The highest BCUT2D eigenvalue weighted by atomic mass is 16.6. The Bertz CT molecular complexity index is 879. The van der Waals surface area contributed by atoms with E-state index in [0.717, 1.165) is 42.9 Å². The van der Waals surface area contributed by atoms with Gasteiger partial charge in [-0.1, -0.05) is 25.1 Å². The van der Waals surface area contributed by atoms with Gasteiger partial charge >= 0.3 is 12.1 Å². The van der Waals surface area contributed by atoms with Crippen molar-refractivity contribution >= 4 is 24.2 Å². The monoisotopic (exact) mass is 427 g/mol. The quantitative estimate of drug-likeness (QED) is 0.537. The maximum atomic E-state index is 12.5. The number of ether oxygens (including phenoxy) is 2. The summed E-state index contributed by atoms with van der Waals surface area (Å²) in [7, 11) is 1.36. The van der Waals surface area contributed by atoms with Crippen molar-refractivity contribution in [1.82, 2.24) is 14.8 Å². The van der Waals surface area contributed by atoms with Gasteiger partial charge in [-0.15, -0.1) is 0 Å². The van der Waals surface area contributed by atoms with E-state index < -0.39 is 11.6 Å². The van der Waals surface area contributed by atoms with Gasteiger partial charge in [0.05, 0.1) is 24.0 Å². The predicted molar refractivity (Wildman–Crippen MR) is 120 cm³/mol. The van der Waals surface area contributed by atoms with E-state index in [1.165, 1.54) is 13.2 Å². The van der Waals surface area contributed by atoms with E-state index in [-0.39, 0.29) is 11.6 Å². The second-order valence-corrected chi connectivity index (χ2v) is 8.98. The molecule has 2 heterocycles. The molecule has 1 aliphatic carbocycles. The van der Waals surface area contributed by atoms with Gasteiger partial charge < -0.3 is 14.4 Å². The van der Waals surface area contributed by atoms with Crippen molar-refractivity contribution < 1.29 is 19.1 Å². The van der Waals surface area contributed by atoms with Crippen molar-refractivity contribution in [2.45, 2.75) is 51.7 Å². The number of methoxy groups -OCH3 is 1. The fraction of sp³-hybridized carbons (Fsp3) is 0.542. The van der Waals surface area contributed by atoms with Crippen molar-refractivity contribution in [1.29, 1.82) is 0 Å². The third-order valence-corrected chi connectivity index (χ3v) is 5.85. The Morgan fingerprint density at radius 2 is 1.90 bits per heavy atom. The van der Waals surface area contributed by atoms with Crippen LogP contribution in [-0.4, -0.2) is 65.7 Å². The predicted octanol–water partition coefficient (Wildman–Crippen LogP) is 3.84. The first-order chi connectivity index (χ1) is 14.7. The van der Waals surface area contributed by atoms with Crippen LogP contribution in [0.2, 0.25) is 0 Å². The van der Waals surface area contributed by atoms with E-state index >= 15 is 0 Å². The maximum absolute atomic E-state index is 12.5. The molecule has 0 N–H and O–H groups in total. The summed E-state index contributed by atoms with van der Waals surface area (Å²) < 4.78 is 10.2. The summed E-state index contributed by atoms with van der Waals surface area (Å²) in [5.41, 5.74) is 2.11.